The SMILES string of the molecule is CCNC(c1ccc(F)c(Br)c1)c1cc(Cl)ccc1F. The third-order valence-electron chi connectivity index (χ3n) is 2.95. The van der Waals surface area contributed by atoms with E-state index in [4.69, 9.17) is 11.6 Å². The Morgan fingerprint density at radius 1 is 1.15 bits per heavy atom. The lowest BCUT2D eigenvalue weighted by atomic mass is 9.98. The van der Waals surface area contributed by atoms with Gasteiger partial charge in [-0.25, -0.2) is 8.78 Å². The topological polar surface area (TPSA) is 12.0 Å². The molecule has 2 aromatic rings. The van der Waals surface area contributed by atoms with Crippen LogP contribution in [0.5, 0.6) is 0 Å². The molecule has 2 aromatic carbocycles. The van der Waals surface area contributed by atoms with Crippen LogP contribution in [-0.4, -0.2) is 6.54 Å². The van der Waals surface area contributed by atoms with Crippen molar-refractivity contribution in [2.24, 2.45) is 0 Å². The van der Waals surface area contributed by atoms with E-state index < -0.39 is 0 Å². The maximum Gasteiger partial charge on any atom is 0.137 e. The summed E-state index contributed by atoms with van der Waals surface area (Å²) < 4.78 is 27.7. The molecule has 0 amide bonds. The van der Waals surface area contributed by atoms with E-state index in [1.807, 2.05) is 6.92 Å². The van der Waals surface area contributed by atoms with Crippen molar-refractivity contribution in [1.82, 2.24) is 5.32 Å². The molecule has 0 aliphatic heterocycles. The number of halogens is 4. The van der Waals surface area contributed by atoms with E-state index in [0.717, 1.165) is 5.56 Å². The summed E-state index contributed by atoms with van der Waals surface area (Å²) in [7, 11) is 0. The molecular weight excluding hydrogens is 348 g/mol. The van der Waals surface area contributed by atoms with E-state index in [-0.39, 0.29) is 17.7 Å². The average Bonchev–Trinajstić information content (AvgIpc) is 2.42. The Morgan fingerprint density at radius 3 is 2.50 bits per heavy atom. The molecule has 2 rings (SSSR count). The van der Waals surface area contributed by atoms with E-state index in [1.54, 1.807) is 18.2 Å². The van der Waals surface area contributed by atoms with Crippen molar-refractivity contribution >= 4 is 27.5 Å². The van der Waals surface area contributed by atoms with Gasteiger partial charge in [0.05, 0.1) is 10.5 Å². The van der Waals surface area contributed by atoms with Gasteiger partial charge in [-0.05, 0) is 58.4 Å². The molecule has 0 saturated carbocycles. The van der Waals surface area contributed by atoms with E-state index in [1.165, 1.54) is 18.2 Å². The minimum absolute atomic E-state index is 0.346. The van der Waals surface area contributed by atoms with Crippen LogP contribution in [0.2, 0.25) is 5.02 Å². The smallest absolute Gasteiger partial charge is 0.137 e. The summed E-state index contributed by atoms with van der Waals surface area (Å²) in [4.78, 5) is 0. The molecule has 1 nitrogen and oxygen atoms in total. The summed E-state index contributed by atoms with van der Waals surface area (Å²) in [6.07, 6.45) is 0. The Morgan fingerprint density at radius 2 is 1.85 bits per heavy atom. The average molecular weight is 361 g/mol. The molecule has 1 atom stereocenters. The third kappa shape index (κ3) is 3.37. The fourth-order valence-electron chi connectivity index (χ4n) is 2.04. The second-order valence-corrected chi connectivity index (χ2v) is 5.62. The van der Waals surface area contributed by atoms with Gasteiger partial charge in [0.15, 0.2) is 0 Å². The summed E-state index contributed by atoms with van der Waals surface area (Å²) in [6.45, 7) is 2.57. The second-order valence-electron chi connectivity index (χ2n) is 4.33. The van der Waals surface area contributed by atoms with E-state index >= 15 is 0 Å². The van der Waals surface area contributed by atoms with Crippen LogP contribution in [0.15, 0.2) is 40.9 Å². The van der Waals surface area contributed by atoms with Crippen molar-refractivity contribution in [3.63, 3.8) is 0 Å². The Balaban J connectivity index is 2.49. The van der Waals surface area contributed by atoms with Crippen molar-refractivity contribution in [2.45, 2.75) is 13.0 Å². The lowest BCUT2D eigenvalue weighted by Crippen LogP contribution is -2.23. The number of hydrogen-bond donors (Lipinski definition) is 1. The fraction of sp³-hybridized carbons (Fsp3) is 0.200. The van der Waals surface area contributed by atoms with Crippen LogP contribution in [0.25, 0.3) is 0 Å². The molecule has 0 bridgehead atoms. The van der Waals surface area contributed by atoms with Crippen LogP contribution in [0.4, 0.5) is 8.78 Å². The van der Waals surface area contributed by atoms with Gasteiger partial charge < -0.3 is 5.32 Å². The standard InChI is InChI=1S/C15H13BrClF2N/c1-2-20-15(9-3-5-14(19)12(16)7-9)11-8-10(17)4-6-13(11)18/h3-8,15,20H,2H2,1H3. The molecule has 1 N–H and O–H groups in total. The van der Waals surface area contributed by atoms with Gasteiger partial charge in [0, 0.05) is 10.6 Å². The minimum Gasteiger partial charge on any atom is -0.306 e. The molecule has 106 valence electrons. The van der Waals surface area contributed by atoms with Gasteiger partial charge >= 0.3 is 0 Å². The van der Waals surface area contributed by atoms with E-state index in [9.17, 15) is 8.78 Å². The molecule has 5 heteroatoms. The molecule has 0 aliphatic rings. The number of hydrogen-bond acceptors (Lipinski definition) is 1. The highest BCUT2D eigenvalue weighted by Gasteiger charge is 2.18. The lowest BCUT2D eigenvalue weighted by Gasteiger charge is -2.20. The first-order valence-corrected chi connectivity index (χ1v) is 7.33. The van der Waals surface area contributed by atoms with Gasteiger partial charge in [-0.2, -0.15) is 0 Å². The molecule has 0 fully saturated rings. The first kappa shape index (κ1) is 15.4. The Kier molecular flexibility index (Phi) is 5.13. The molecule has 0 aliphatic carbocycles. The number of nitrogens with one attached hydrogen (secondary N) is 1. The summed E-state index contributed by atoms with van der Waals surface area (Å²) in [6, 6.07) is 8.67. The highest BCUT2D eigenvalue weighted by Crippen LogP contribution is 2.29. The summed E-state index contributed by atoms with van der Waals surface area (Å²) in [5.74, 6) is -0.698. The molecule has 0 radical (unpaired) electrons. The van der Waals surface area contributed by atoms with Crippen LogP contribution >= 0.6 is 27.5 Å². The van der Waals surface area contributed by atoms with Gasteiger partial charge in [-0.1, -0.05) is 24.6 Å². The Bertz CT molecular complexity index is 619. The van der Waals surface area contributed by atoms with E-state index in [2.05, 4.69) is 21.2 Å². The highest BCUT2D eigenvalue weighted by atomic mass is 79.9. The molecule has 0 heterocycles. The zero-order valence-corrected chi connectivity index (χ0v) is 13.1. The fourth-order valence-corrected chi connectivity index (χ4v) is 2.62. The molecule has 0 spiro atoms. The van der Waals surface area contributed by atoms with Crippen molar-refractivity contribution in [3.05, 3.63) is 68.7 Å². The zero-order chi connectivity index (χ0) is 14.7. The van der Waals surface area contributed by atoms with E-state index in [0.29, 0.717) is 21.6 Å². The molecule has 1 unspecified atom stereocenters. The van der Waals surface area contributed by atoms with Crippen molar-refractivity contribution < 1.29 is 8.78 Å². The quantitative estimate of drug-likeness (QED) is 0.802. The molecule has 0 aromatic heterocycles. The Labute approximate surface area is 130 Å². The third-order valence-corrected chi connectivity index (χ3v) is 3.80. The minimum atomic E-state index is -0.379. The van der Waals surface area contributed by atoms with Crippen LogP contribution < -0.4 is 5.32 Å². The lowest BCUT2D eigenvalue weighted by molar-refractivity contribution is 0.557. The molecule has 0 saturated heterocycles. The van der Waals surface area contributed by atoms with Crippen LogP contribution in [0.3, 0.4) is 0 Å². The summed E-state index contributed by atoms with van der Waals surface area (Å²) in [5.41, 5.74) is 1.21. The first-order valence-electron chi connectivity index (χ1n) is 6.16. The van der Waals surface area contributed by atoms with Crippen LogP contribution in [-0.2, 0) is 0 Å². The summed E-state index contributed by atoms with van der Waals surface area (Å²) >= 11 is 9.09. The highest BCUT2D eigenvalue weighted by molar-refractivity contribution is 9.10. The second kappa shape index (κ2) is 6.66. The summed E-state index contributed by atoms with van der Waals surface area (Å²) in [5, 5.41) is 3.65. The molecular formula is C15H13BrClF2N. The van der Waals surface area contributed by atoms with Gasteiger partial charge in [0.25, 0.3) is 0 Å². The molecule has 20 heavy (non-hydrogen) atoms. The first-order chi connectivity index (χ1) is 9.52. The van der Waals surface area contributed by atoms with Gasteiger partial charge in [-0.3, -0.25) is 0 Å². The maximum atomic E-state index is 14.0. The number of rotatable bonds is 4. The van der Waals surface area contributed by atoms with Crippen LogP contribution in [0.1, 0.15) is 24.1 Å². The Hall–Kier alpha value is -0.970. The van der Waals surface area contributed by atoms with Gasteiger partial charge in [-0.15, -0.1) is 0 Å². The van der Waals surface area contributed by atoms with Crippen molar-refractivity contribution in [1.29, 1.82) is 0 Å². The predicted octanol–water partition coefficient (Wildman–Crippen LogP) is 5.08. The van der Waals surface area contributed by atoms with Gasteiger partial charge in [0.2, 0.25) is 0 Å². The van der Waals surface area contributed by atoms with Crippen molar-refractivity contribution in [3.8, 4) is 0 Å². The number of benzene rings is 2. The van der Waals surface area contributed by atoms with Crippen LogP contribution in [0, 0.1) is 11.6 Å². The predicted molar refractivity (Wildman–Crippen MR) is 81.0 cm³/mol. The zero-order valence-electron chi connectivity index (χ0n) is 10.8. The maximum absolute atomic E-state index is 14.0. The van der Waals surface area contributed by atoms with Gasteiger partial charge in [0.1, 0.15) is 11.6 Å². The normalized spacial score (nSPS) is 12.4. The monoisotopic (exact) mass is 359 g/mol. The van der Waals surface area contributed by atoms with Crippen molar-refractivity contribution in [2.75, 3.05) is 6.54 Å². The largest absolute Gasteiger partial charge is 0.306 e.